The van der Waals surface area contributed by atoms with Gasteiger partial charge in [0.15, 0.2) is 8.32 Å². The van der Waals surface area contributed by atoms with Gasteiger partial charge in [0, 0.05) is 17.9 Å². The molecule has 0 saturated heterocycles. The van der Waals surface area contributed by atoms with Crippen molar-refractivity contribution >= 4 is 20.1 Å². The minimum Gasteiger partial charge on any atom is -0.466 e. The summed E-state index contributed by atoms with van der Waals surface area (Å²) in [5.41, 5.74) is 1.52. The van der Waals surface area contributed by atoms with Crippen LogP contribution in [0.5, 0.6) is 0 Å². The lowest BCUT2D eigenvalue weighted by Crippen LogP contribution is -2.46. The van der Waals surface area contributed by atoms with E-state index >= 15 is 0 Å². The van der Waals surface area contributed by atoms with Gasteiger partial charge in [-0.25, -0.2) is 4.79 Å². The highest BCUT2D eigenvalue weighted by Crippen LogP contribution is 2.39. The Balaban J connectivity index is 5.36. The standard InChI is InChI=1S/C20H36O4Si/c1-11-14(2)18(24-25(9,10)20(5,6)7)16(4)17(21)13-12-15(3)19(22)23-8/h11-12,16,18H,13H2,1-10H3/b14-11+,15-12+/t16-,18+/m0/s1. The first kappa shape index (κ1) is 23.8. The lowest BCUT2D eigenvalue weighted by molar-refractivity contribution is -0.136. The molecule has 0 fully saturated rings. The SMILES string of the molecule is C/C=C(\C)[C@@H](O[Si](C)(C)C(C)(C)C)[C@@H](C)C(=O)C/C=C(\C)C(=O)OC. The van der Waals surface area contributed by atoms with Crippen LogP contribution in [0.3, 0.4) is 0 Å². The average molecular weight is 369 g/mol. The van der Waals surface area contributed by atoms with Crippen molar-refractivity contribution in [1.29, 1.82) is 0 Å². The highest BCUT2D eigenvalue weighted by molar-refractivity contribution is 6.74. The number of ether oxygens (including phenoxy) is 1. The third-order valence-corrected chi connectivity index (χ3v) is 9.67. The average Bonchev–Trinajstić information content (AvgIpc) is 2.53. The molecule has 0 aromatic carbocycles. The minimum atomic E-state index is -2.01. The van der Waals surface area contributed by atoms with E-state index in [1.807, 2.05) is 26.8 Å². The van der Waals surface area contributed by atoms with Crippen LogP contribution in [0.2, 0.25) is 18.1 Å². The van der Waals surface area contributed by atoms with E-state index in [4.69, 9.17) is 4.43 Å². The predicted octanol–water partition coefficient (Wildman–Crippen LogP) is 5.06. The summed E-state index contributed by atoms with van der Waals surface area (Å²) >= 11 is 0. The van der Waals surface area contributed by atoms with Crippen LogP contribution in [0.15, 0.2) is 23.3 Å². The molecular formula is C20H36O4Si. The van der Waals surface area contributed by atoms with E-state index in [1.165, 1.54) is 7.11 Å². The maximum atomic E-state index is 12.7. The van der Waals surface area contributed by atoms with Crippen molar-refractivity contribution in [1.82, 2.24) is 0 Å². The van der Waals surface area contributed by atoms with Gasteiger partial charge < -0.3 is 9.16 Å². The zero-order valence-electron chi connectivity index (χ0n) is 17.6. The van der Waals surface area contributed by atoms with Gasteiger partial charge in [0.25, 0.3) is 0 Å². The first-order valence-corrected chi connectivity index (χ1v) is 11.8. The second-order valence-electron chi connectivity index (χ2n) is 8.17. The lowest BCUT2D eigenvalue weighted by atomic mass is 9.92. The van der Waals surface area contributed by atoms with E-state index < -0.39 is 14.3 Å². The molecule has 0 saturated carbocycles. The number of allylic oxidation sites excluding steroid dienone is 2. The fraction of sp³-hybridized carbons (Fsp3) is 0.700. The fourth-order valence-electron chi connectivity index (χ4n) is 2.10. The minimum absolute atomic E-state index is 0.0631. The van der Waals surface area contributed by atoms with E-state index in [9.17, 15) is 9.59 Å². The molecule has 0 rings (SSSR count). The van der Waals surface area contributed by atoms with Crippen molar-refractivity contribution < 1.29 is 18.8 Å². The van der Waals surface area contributed by atoms with Gasteiger partial charge in [0.1, 0.15) is 5.78 Å². The quantitative estimate of drug-likeness (QED) is 0.260. The summed E-state index contributed by atoms with van der Waals surface area (Å²) in [5.74, 6) is -0.612. The summed E-state index contributed by atoms with van der Waals surface area (Å²) in [6.45, 7) is 18.5. The van der Waals surface area contributed by atoms with Crippen molar-refractivity contribution in [2.75, 3.05) is 7.11 Å². The molecule has 5 heteroatoms. The van der Waals surface area contributed by atoms with Crippen molar-refractivity contribution in [3.05, 3.63) is 23.3 Å². The Morgan fingerprint density at radius 2 is 1.68 bits per heavy atom. The van der Waals surface area contributed by atoms with E-state index in [0.717, 1.165) is 5.57 Å². The third-order valence-electron chi connectivity index (χ3n) is 5.21. The zero-order chi connectivity index (χ0) is 20.0. The Morgan fingerprint density at radius 3 is 2.08 bits per heavy atom. The number of hydrogen-bond donors (Lipinski definition) is 0. The first-order chi connectivity index (χ1) is 11.3. The molecule has 0 amide bonds. The molecule has 0 aliphatic carbocycles. The summed E-state index contributed by atoms with van der Waals surface area (Å²) in [7, 11) is -0.671. The Bertz CT molecular complexity index is 538. The van der Waals surface area contributed by atoms with Gasteiger partial charge in [0.05, 0.1) is 13.2 Å². The Kier molecular flexibility index (Phi) is 9.03. The summed E-state index contributed by atoms with van der Waals surface area (Å²) < 4.78 is 11.2. The summed E-state index contributed by atoms with van der Waals surface area (Å²) in [6.07, 6.45) is 3.62. The van der Waals surface area contributed by atoms with Crippen LogP contribution in [0.4, 0.5) is 0 Å². The van der Waals surface area contributed by atoms with E-state index in [0.29, 0.717) is 5.57 Å². The second-order valence-corrected chi connectivity index (χ2v) is 12.9. The molecule has 4 nitrogen and oxygen atoms in total. The smallest absolute Gasteiger partial charge is 0.333 e. The molecule has 0 aromatic rings. The van der Waals surface area contributed by atoms with Gasteiger partial charge in [-0.1, -0.05) is 39.8 Å². The van der Waals surface area contributed by atoms with Crippen LogP contribution in [0.1, 0.15) is 54.9 Å². The largest absolute Gasteiger partial charge is 0.466 e. The van der Waals surface area contributed by atoms with Crippen LogP contribution in [-0.4, -0.2) is 33.3 Å². The molecule has 0 bridgehead atoms. The number of methoxy groups -OCH3 is 1. The molecule has 25 heavy (non-hydrogen) atoms. The molecule has 0 aliphatic rings. The summed E-state index contributed by atoms with van der Waals surface area (Å²) in [4.78, 5) is 24.1. The highest BCUT2D eigenvalue weighted by Gasteiger charge is 2.41. The van der Waals surface area contributed by atoms with Gasteiger partial charge in [-0.2, -0.15) is 0 Å². The fourth-order valence-corrected chi connectivity index (χ4v) is 3.48. The maximum Gasteiger partial charge on any atom is 0.333 e. The van der Waals surface area contributed by atoms with Gasteiger partial charge in [0.2, 0.25) is 0 Å². The number of rotatable bonds is 8. The maximum absolute atomic E-state index is 12.7. The Labute approximate surface area is 154 Å². The molecule has 0 heterocycles. The van der Waals surface area contributed by atoms with Gasteiger partial charge >= 0.3 is 5.97 Å². The monoisotopic (exact) mass is 368 g/mol. The lowest BCUT2D eigenvalue weighted by Gasteiger charge is -2.41. The topological polar surface area (TPSA) is 52.6 Å². The molecule has 0 unspecified atom stereocenters. The van der Waals surface area contributed by atoms with E-state index in [1.54, 1.807) is 13.0 Å². The van der Waals surface area contributed by atoms with Crippen molar-refractivity contribution in [3.8, 4) is 0 Å². The molecule has 144 valence electrons. The number of carbonyl (C=O) groups is 2. The third kappa shape index (κ3) is 6.90. The molecule has 0 N–H and O–H groups in total. The molecular weight excluding hydrogens is 332 g/mol. The van der Waals surface area contributed by atoms with Crippen molar-refractivity contribution in [2.24, 2.45) is 5.92 Å². The van der Waals surface area contributed by atoms with E-state index in [2.05, 4.69) is 38.6 Å². The number of esters is 1. The number of hydrogen-bond acceptors (Lipinski definition) is 4. The van der Waals surface area contributed by atoms with Crippen molar-refractivity contribution in [3.63, 3.8) is 0 Å². The molecule has 0 aromatic heterocycles. The van der Waals surface area contributed by atoms with Gasteiger partial charge in [-0.05, 0) is 44.5 Å². The second kappa shape index (κ2) is 9.48. The van der Waals surface area contributed by atoms with Gasteiger partial charge in [-0.15, -0.1) is 0 Å². The normalized spacial score (nSPS) is 16.4. The van der Waals surface area contributed by atoms with Crippen LogP contribution < -0.4 is 0 Å². The zero-order valence-corrected chi connectivity index (χ0v) is 18.6. The molecule has 0 aliphatic heterocycles. The van der Waals surface area contributed by atoms with Crippen molar-refractivity contribution in [2.45, 2.75) is 79.1 Å². The van der Waals surface area contributed by atoms with Crippen LogP contribution in [-0.2, 0) is 18.8 Å². The Morgan fingerprint density at radius 1 is 1.16 bits per heavy atom. The molecule has 0 radical (unpaired) electrons. The Hall–Kier alpha value is -1.20. The molecule has 2 atom stereocenters. The highest BCUT2D eigenvalue weighted by atomic mass is 28.4. The van der Waals surface area contributed by atoms with Crippen LogP contribution >= 0.6 is 0 Å². The summed E-state index contributed by atoms with van der Waals surface area (Å²) in [5, 5.41) is 0.0728. The van der Waals surface area contributed by atoms with Crippen LogP contribution in [0, 0.1) is 5.92 Å². The number of carbonyl (C=O) groups excluding carboxylic acids is 2. The number of ketones is 1. The number of Topliss-reactive ketones (excluding diaryl/α,β-unsaturated/α-hetero) is 1. The first-order valence-electron chi connectivity index (χ1n) is 8.86. The van der Waals surface area contributed by atoms with E-state index in [-0.39, 0.29) is 29.3 Å². The summed E-state index contributed by atoms with van der Waals surface area (Å²) in [6, 6.07) is 0. The van der Waals surface area contributed by atoms with Gasteiger partial charge in [-0.3, -0.25) is 4.79 Å². The molecule has 0 spiro atoms. The van der Waals surface area contributed by atoms with Crippen LogP contribution in [0.25, 0.3) is 0 Å². The predicted molar refractivity (Wildman–Crippen MR) is 106 cm³/mol.